The van der Waals surface area contributed by atoms with Crippen LogP contribution in [0.5, 0.6) is 5.75 Å². The highest BCUT2D eigenvalue weighted by atomic mass is 127. The summed E-state index contributed by atoms with van der Waals surface area (Å²) in [5.41, 5.74) is 3.03. The zero-order chi connectivity index (χ0) is 19.7. The lowest BCUT2D eigenvalue weighted by atomic mass is 10.2. The molecule has 1 aromatic carbocycles. The number of hydrogen-bond acceptors (Lipinski definition) is 3. The molecule has 2 rings (SSSR count). The minimum Gasteiger partial charge on any atom is -0.484 e. The monoisotopic (exact) mass is 508 g/mol. The summed E-state index contributed by atoms with van der Waals surface area (Å²) >= 11 is 0. The highest BCUT2D eigenvalue weighted by molar-refractivity contribution is 14.0. The first-order valence-corrected chi connectivity index (χ1v) is 8.50. The molecule has 9 heteroatoms. The Balaban J connectivity index is 0.00000392. The van der Waals surface area contributed by atoms with Crippen molar-refractivity contribution in [2.75, 3.05) is 20.2 Å². The van der Waals surface area contributed by atoms with Gasteiger partial charge in [-0.1, -0.05) is 18.2 Å². The smallest absolute Gasteiger partial charge is 0.422 e. The Morgan fingerprint density at radius 1 is 1.07 bits per heavy atom. The molecule has 0 spiro atoms. The maximum absolute atomic E-state index is 12.1. The molecule has 1 heterocycles. The number of alkyl halides is 3. The molecule has 0 saturated heterocycles. The van der Waals surface area contributed by atoms with Gasteiger partial charge in [0.15, 0.2) is 12.6 Å². The number of rotatable bonds is 7. The van der Waals surface area contributed by atoms with Crippen LogP contribution in [0.3, 0.4) is 0 Å². The number of pyridine rings is 1. The van der Waals surface area contributed by atoms with Crippen molar-refractivity contribution in [3.63, 3.8) is 0 Å². The van der Waals surface area contributed by atoms with Crippen LogP contribution in [0.25, 0.3) is 0 Å². The average molecular weight is 508 g/mol. The lowest BCUT2D eigenvalue weighted by Crippen LogP contribution is -2.37. The Bertz CT molecular complexity index is 734. The minimum atomic E-state index is -4.34. The van der Waals surface area contributed by atoms with Crippen LogP contribution < -0.4 is 15.4 Å². The molecule has 0 saturated carbocycles. The highest BCUT2D eigenvalue weighted by Gasteiger charge is 2.28. The maximum atomic E-state index is 12.1. The molecule has 0 aliphatic heterocycles. The van der Waals surface area contributed by atoms with Crippen molar-refractivity contribution in [2.45, 2.75) is 26.1 Å². The van der Waals surface area contributed by atoms with Crippen molar-refractivity contribution in [3.8, 4) is 5.75 Å². The third-order valence-corrected chi connectivity index (χ3v) is 3.69. The molecule has 2 aromatic rings. The van der Waals surface area contributed by atoms with Gasteiger partial charge in [0.2, 0.25) is 0 Å². The van der Waals surface area contributed by atoms with Crippen molar-refractivity contribution < 1.29 is 17.9 Å². The molecule has 0 aliphatic rings. The van der Waals surface area contributed by atoms with E-state index >= 15 is 0 Å². The first kappa shape index (κ1) is 24.0. The molecular weight excluding hydrogens is 484 g/mol. The Kier molecular flexibility index (Phi) is 10.0. The van der Waals surface area contributed by atoms with Gasteiger partial charge < -0.3 is 15.4 Å². The zero-order valence-corrected chi connectivity index (χ0v) is 18.0. The molecule has 0 radical (unpaired) electrons. The molecule has 5 nitrogen and oxygen atoms in total. The van der Waals surface area contributed by atoms with E-state index < -0.39 is 12.8 Å². The molecule has 2 N–H and O–H groups in total. The molecule has 0 bridgehead atoms. The summed E-state index contributed by atoms with van der Waals surface area (Å²) in [4.78, 5) is 8.41. The first-order chi connectivity index (χ1) is 12.9. The number of guanidine groups is 1. The van der Waals surface area contributed by atoms with Crippen molar-refractivity contribution in [3.05, 3.63) is 59.4 Å². The average Bonchev–Trinajstić information content (AvgIpc) is 2.64. The number of benzene rings is 1. The van der Waals surface area contributed by atoms with Crippen LogP contribution in [-0.2, 0) is 13.0 Å². The van der Waals surface area contributed by atoms with Gasteiger partial charge in [0, 0.05) is 32.0 Å². The van der Waals surface area contributed by atoms with E-state index in [2.05, 4.69) is 25.3 Å². The molecule has 154 valence electrons. The summed E-state index contributed by atoms with van der Waals surface area (Å²) in [6.45, 7) is 1.85. The van der Waals surface area contributed by atoms with E-state index in [-0.39, 0.29) is 29.7 Å². The summed E-state index contributed by atoms with van der Waals surface area (Å²) in [5.74, 6) is 0.831. The van der Waals surface area contributed by atoms with E-state index in [9.17, 15) is 13.2 Å². The van der Waals surface area contributed by atoms with Gasteiger partial charge in [-0.2, -0.15) is 13.2 Å². The molecular formula is C19H24F3IN4O. The fraction of sp³-hybridized carbons (Fsp3) is 0.368. The van der Waals surface area contributed by atoms with Crippen LogP contribution >= 0.6 is 24.0 Å². The van der Waals surface area contributed by atoms with E-state index in [1.807, 2.05) is 25.3 Å². The lowest BCUT2D eigenvalue weighted by molar-refractivity contribution is -0.153. The fourth-order valence-electron chi connectivity index (χ4n) is 2.25. The van der Waals surface area contributed by atoms with Gasteiger partial charge in [0.25, 0.3) is 0 Å². The third kappa shape index (κ3) is 9.25. The number of nitrogens with zero attached hydrogens (tertiary/aromatic N) is 2. The van der Waals surface area contributed by atoms with Crippen molar-refractivity contribution in [2.24, 2.45) is 4.99 Å². The Labute approximate surface area is 179 Å². The molecule has 0 atom stereocenters. The number of ether oxygens (including phenoxy) is 1. The predicted octanol–water partition coefficient (Wildman–Crippen LogP) is 3.86. The van der Waals surface area contributed by atoms with E-state index in [0.717, 1.165) is 23.2 Å². The number of aliphatic imine (C=N–C) groups is 1. The number of aromatic nitrogens is 1. The second-order valence-corrected chi connectivity index (χ2v) is 5.96. The normalized spacial score (nSPS) is 11.5. The van der Waals surface area contributed by atoms with Gasteiger partial charge in [-0.25, -0.2) is 0 Å². The van der Waals surface area contributed by atoms with Crippen LogP contribution in [-0.4, -0.2) is 37.3 Å². The predicted molar refractivity (Wildman–Crippen MR) is 114 cm³/mol. The second-order valence-electron chi connectivity index (χ2n) is 5.96. The fourth-order valence-corrected chi connectivity index (χ4v) is 2.25. The number of hydrogen-bond donors (Lipinski definition) is 2. The topological polar surface area (TPSA) is 58.5 Å². The number of aryl methyl sites for hydroxylation is 1. The van der Waals surface area contributed by atoms with Crippen LogP contribution in [0.1, 0.15) is 16.8 Å². The lowest BCUT2D eigenvalue weighted by Gasteiger charge is -2.13. The summed E-state index contributed by atoms with van der Waals surface area (Å²) in [6.07, 6.45) is -1.66. The summed E-state index contributed by atoms with van der Waals surface area (Å²) in [5, 5.41) is 6.37. The highest BCUT2D eigenvalue weighted by Crippen LogP contribution is 2.18. The number of halogens is 4. The van der Waals surface area contributed by atoms with Gasteiger partial charge in [-0.3, -0.25) is 9.98 Å². The first-order valence-electron chi connectivity index (χ1n) is 8.50. The summed E-state index contributed by atoms with van der Waals surface area (Å²) < 4.78 is 41.1. The van der Waals surface area contributed by atoms with Crippen molar-refractivity contribution in [1.29, 1.82) is 0 Å². The molecule has 0 amide bonds. The molecule has 28 heavy (non-hydrogen) atoms. The van der Waals surface area contributed by atoms with Crippen molar-refractivity contribution in [1.82, 2.24) is 15.6 Å². The Hall–Kier alpha value is -2.04. The van der Waals surface area contributed by atoms with Crippen LogP contribution in [0, 0.1) is 6.92 Å². The second kappa shape index (κ2) is 11.7. The van der Waals surface area contributed by atoms with E-state index in [1.54, 1.807) is 19.2 Å². The number of nitrogens with one attached hydrogen (secondary N) is 2. The molecule has 0 unspecified atom stereocenters. The summed E-state index contributed by atoms with van der Waals surface area (Å²) in [6, 6.07) is 10.5. The largest absolute Gasteiger partial charge is 0.484 e. The van der Waals surface area contributed by atoms with Gasteiger partial charge in [0.1, 0.15) is 5.75 Å². The molecule has 1 aromatic heterocycles. The molecule has 0 aliphatic carbocycles. The third-order valence-electron chi connectivity index (χ3n) is 3.69. The Morgan fingerprint density at radius 2 is 1.75 bits per heavy atom. The zero-order valence-electron chi connectivity index (χ0n) is 15.7. The van der Waals surface area contributed by atoms with Gasteiger partial charge in [-0.05, 0) is 42.7 Å². The van der Waals surface area contributed by atoms with Crippen LogP contribution in [0.15, 0.2) is 47.6 Å². The standard InChI is InChI=1S/C19H23F3N4O.HI/c1-14-3-4-16(11-25-14)9-10-24-18(23-2)26-12-15-5-7-17(8-6-15)27-13-19(20,21)22;/h3-8,11H,9-10,12-13H2,1-2H3,(H2,23,24,26);1H. The van der Waals surface area contributed by atoms with Crippen LogP contribution in [0.4, 0.5) is 13.2 Å². The van der Waals surface area contributed by atoms with Crippen LogP contribution in [0.2, 0.25) is 0 Å². The SMILES string of the molecule is CN=C(NCCc1ccc(C)nc1)NCc1ccc(OCC(F)(F)F)cc1.I. The van der Waals surface area contributed by atoms with Gasteiger partial charge in [0.05, 0.1) is 0 Å². The van der Waals surface area contributed by atoms with E-state index in [4.69, 9.17) is 0 Å². The van der Waals surface area contributed by atoms with Crippen molar-refractivity contribution >= 4 is 29.9 Å². The summed E-state index contributed by atoms with van der Waals surface area (Å²) in [7, 11) is 1.68. The minimum absolute atomic E-state index is 0. The van der Waals surface area contributed by atoms with Gasteiger partial charge in [-0.15, -0.1) is 24.0 Å². The Morgan fingerprint density at radius 3 is 2.32 bits per heavy atom. The quantitative estimate of drug-likeness (QED) is 0.339. The van der Waals surface area contributed by atoms with E-state index in [0.29, 0.717) is 19.0 Å². The maximum Gasteiger partial charge on any atom is 0.422 e. The van der Waals surface area contributed by atoms with E-state index in [1.165, 1.54) is 12.1 Å². The molecule has 0 fully saturated rings. The van der Waals surface area contributed by atoms with Gasteiger partial charge >= 0.3 is 6.18 Å².